The van der Waals surface area contributed by atoms with Crippen LogP contribution in [0, 0.1) is 6.92 Å². The molecule has 0 aromatic carbocycles. The first-order chi connectivity index (χ1) is 11.0. The van der Waals surface area contributed by atoms with Crippen LogP contribution in [0.3, 0.4) is 0 Å². The summed E-state index contributed by atoms with van der Waals surface area (Å²) in [5.74, 6) is -1.65. The van der Waals surface area contributed by atoms with Crippen molar-refractivity contribution in [1.29, 1.82) is 0 Å². The van der Waals surface area contributed by atoms with E-state index in [0.29, 0.717) is 5.56 Å². The zero-order valence-corrected chi connectivity index (χ0v) is 13.6. The van der Waals surface area contributed by atoms with Gasteiger partial charge in [0.2, 0.25) is 0 Å². The van der Waals surface area contributed by atoms with E-state index in [1.165, 1.54) is 19.4 Å². The first-order valence-corrected chi connectivity index (χ1v) is 7.54. The Hall–Kier alpha value is -2.61. The number of nitrogens with one attached hydrogen (secondary N) is 1. The number of hydrogen-bond acceptors (Lipinski definition) is 7. The standard InChI is InChI=1S/C15H15NO6S/c1-4-21-14(18)10-8(2)11(15(19)20-3)23-13(10)16-12(17)9-6-5-7-22-9/h5-7H,4H2,1-3H3,(H,16,17). The highest BCUT2D eigenvalue weighted by atomic mass is 32.1. The zero-order chi connectivity index (χ0) is 17.0. The van der Waals surface area contributed by atoms with Gasteiger partial charge in [-0.1, -0.05) is 0 Å². The lowest BCUT2D eigenvalue weighted by Gasteiger charge is -2.05. The van der Waals surface area contributed by atoms with Gasteiger partial charge in [0, 0.05) is 0 Å². The molecule has 0 aliphatic rings. The molecule has 0 fully saturated rings. The molecule has 2 aromatic rings. The quantitative estimate of drug-likeness (QED) is 0.843. The number of carbonyl (C=O) groups excluding carboxylic acids is 3. The summed E-state index contributed by atoms with van der Waals surface area (Å²) in [6.45, 7) is 3.44. The number of hydrogen-bond donors (Lipinski definition) is 1. The number of thiophene rings is 1. The maximum Gasteiger partial charge on any atom is 0.348 e. The van der Waals surface area contributed by atoms with E-state index in [0.717, 1.165) is 11.3 Å². The van der Waals surface area contributed by atoms with Gasteiger partial charge in [-0.15, -0.1) is 11.3 Å². The Kier molecular flexibility index (Phi) is 5.17. The lowest BCUT2D eigenvalue weighted by atomic mass is 10.1. The monoisotopic (exact) mass is 337 g/mol. The largest absolute Gasteiger partial charge is 0.465 e. The number of esters is 2. The zero-order valence-electron chi connectivity index (χ0n) is 12.8. The lowest BCUT2D eigenvalue weighted by Crippen LogP contribution is -2.14. The van der Waals surface area contributed by atoms with E-state index in [9.17, 15) is 14.4 Å². The fraction of sp³-hybridized carbons (Fsp3) is 0.267. The second-order valence-electron chi connectivity index (χ2n) is 4.40. The van der Waals surface area contributed by atoms with Gasteiger partial charge in [0.25, 0.3) is 5.91 Å². The Morgan fingerprint density at radius 1 is 1.30 bits per heavy atom. The summed E-state index contributed by atoms with van der Waals surface area (Å²) in [6, 6.07) is 3.06. The Labute approximate surface area is 136 Å². The van der Waals surface area contributed by atoms with Gasteiger partial charge in [-0.05, 0) is 31.5 Å². The number of rotatable bonds is 5. The molecule has 0 bridgehead atoms. The van der Waals surface area contributed by atoms with Crippen LogP contribution >= 0.6 is 11.3 Å². The first-order valence-electron chi connectivity index (χ1n) is 6.73. The van der Waals surface area contributed by atoms with Crippen molar-refractivity contribution >= 4 is 34.2 Å². The molecule has 0 unspecified atom stereocenters. The summed E-state index contributed by atoms with van der Waals surface area (Å²) in [5.41, 5.74) is 0.534. The molecule has 8 heteroatoms. The van der Waals surface area contributed by atoms with Gasteiger partial charge in [0.1, 0.15) is 9.88 Å². The second kappa shape index (κ2) is 7.10. The fourth-order valence-corrected chi connectivity index (χ4v) is 3.02. The molecule has 1 amide bonds. The van der Waals surface area contributed by atoms with Crippen LogP contribution in [-0.2, 0) is 9.47 Å². The molecule has 0 aliphatic heterocycles. The molecule has 2 heterocycles. The summed E-state index contributed by atoms with van der Waals surface area (Å²) < 4.78 is 14.7. The number of anilines is 1. The molecule has 7 nitrogen and oxygen atoms in total. The van der Waals surface area contributed by atoms with Gasteiger partial charge in [-0.25, -0.2) is 9.59 Å². The Balaban J connectivity index is 2.42. The SMILES string of the molecule is CCOC(=O)c1c(NC(=O)c2ccco2)sc(C(=O)OC)c1C. The van der Waals surface area contributed by atoms with Crippen molar-refractivity contribution in [3.8, 4) is 0 Å². The van der Waals surface area contributed by atoms with Gasteiger partial charge < -0.3 is 19.2 Å². The van der Waals surface area contributed by atoms with Gasteiger partial charge in [-0.2, -0.15) is 0 Å². The van der Waals surface area contributed by atoms with Crippen molar-refractivity contribution < 1.29 is 28.3 Å². The minimum absolute atomic E-state index is 0.0884. The third kappa shape index (κ3) is 3.42. The minimum Gasteiger partial charge on any atom is -0.465 e. The van der Waals surface area contributed by atoms with Gasteiger partial charge in [0.15, 0.2) is 5.76 Å². The van der Waals surface area contributed by atoms with Crippen LogP contribution in [0.25, 0.3) is 0 Å². The molecule has 0 saturated carbocycles. The van der Waals surface area contributed by atoms with Crippen LogP contribution in [0.1, 0.15) is 43.1 Å². The molecule has 0 spiro atoms. The van der Waals surface area contributed by atoms with Crippen LogP contribution < -0.4 is 5.32 Å². The lowest BCUT2D eigenvalue weighted by molar-refractivity contribution is 0.0527. The predicted octanol–water partition coefficient (Wildman–Crippen LogP) is 2.87. The highest BCUT2D eigenvalue weighted by Gasteiger charge is 2.27. The van der Waals surface area contributed by atoms with E-state index in [2.05, 4.69) is 5.32 Å². The number of ether oxygens (including phenoxy) is 2. The van der Waals surface area contributed by atoms with Gasteiger partial charge >= 0.3 is 11.9 Å². The molecular formula is C15H15NO6S. The maximum atomic E-state index is 12.1. The Bertz CT molecular complexity index is 731. The Morgan fingerprint density at radius 3 is 2.61 bits per heavy atom. The molecule has 0 saturated heterocycles. The number of carbonyl (C=O) groups is 3. The highest BCUT2D eigenvalue weighted by molar-refractivity contribution is 7.18. The van der Waals surface area contributed by atoms with Gasteiger partial charge in [-0.3, -0.25) is 4.79 Å². The topological polar surface area (TPSA) is 94.8 Å². The molecule has 0 aliphatic carbocycles. The van der Waals surface area contributed by atoms with Crippen molar-refractivity contribution in [3.05, 3.63) is 40.2 Å². The molecule has 122 valence electrons. The summed E-state index contributed by atoms with van der Waals surface area (Å²) >= 11 is 0.950. The van der Waals surface area contributed by atoms with Crippen molar-refractivity contribution in [1.82, 2.24) is 0 Å². The summed E-state index contributed by atoms with van der Waals surface area (Å²) in [6.07, 6.45) is 1.36. The summed E-state index contributed by atoms with van der Waals surface area (Å²) in [7, 11) is 1.24. The summed E-state index contributed by atoms with van der Waals surface area (Å²) in [4.78, 5) is 36.3. The number of amides is 1. The van der Waals surface area contributed by atoms with Gasteiger partial charge in [0.05, 0.1) is 25.5 Å². The molecule has 1 N–H and O–H groups in total. The number of furan rings is 1. The maximum absolute atomic E-state index is 12.1. The van der Waals surface area contributed by atoms with E-state index in [4.69, 9.17) is 13.9 Å². The van der Waals surface area contributed by atoms with Crippen molar-refractivity contribution in [2.45, 2.75) is 13.8 Å². The molecule has 0 atom stereocenters. The van der Waals surface area contributed by atoms with E-state index < -0.39 is 17.8 Å². The first kappa shape index (κ1) is 16.8. The third-order valence-electron chi connectivity index (χ3n) is 2.97. The van der Waals surface area contributed by atoms with E-state index in [1.54, 1.807) is 19.9 Å². The fourth-order valence-electron chi connectivity index (χ4n) is 1.91. The van der Waals surface area contributed by atoms with Crippen molar-refractivity contribution in [2.75, 3.05) is 19.0 Å². The molecule has 2 rings (SSSR count). The van der Waals surface area contributed by atoms with Crippen molar-refractivity contribution in [2.24, 2.45) is 0 Å². The average molecular weight is 337 g/mol. The smallest absolute Gasteiger partial charge is 0.348 e. The Morgan fingerprint density at radius 2 is 2.04 bits per heavy atom. The van der Waals surface area contributed by atoms with Crippen LogP contribution in [0.5, 0.6) is 0 Å². The summed E-state index contributed by atoms with van der Waals surface area (Å²) in [5, 5.41) is 2.78. The highest BCUT2D eigenvalue weighted by Crippen LogP contribution is 2.34. The predicted molar refractivity (Wildman–Crippen MR) is 83.0 cm³/mol. The molecule has 2 aromatic heterocycles. The molecular weight excluding hydrogens is 322 g/mol. The van der Waals surface area contributed by atoms with E-state index in [-0.39, 0.29) is 27.8 Å². The normalized spacial score (nSPS) is 10.2. The third-order valence-corrected chi connectivity index (χ3v) is 4.16. The van der Waals surface area contributed by atoms with E-state index in [1.807, 2.05) is 0 Å². The molecule has 23 heavy (non-hydrogen) atoms. The van der Waals surface area contributed by atoms with Crippen LogP contribution in [0.15, 0.2) is 22.8 Å². The van der Waals surface area contributed by atoms with E-state index >= 15 is 0 Å². The number of methoxy groups -OCH3 is 1. The van der Waals surface area contributed by atoms with Crippen LogP contribution in [-0.4, -0.2) is 31.6 Å². The van der Waals surface area contributed by atoms with Crippen molar-refractivity contribution in [3.63, 3.8) is 0 Å². The average Bonchev–Trinajstić information content (AvgIpc) is 3.15. The molecule has 0 radical (unpaired) electrons. The van der Waals surface area contributed by atoms with Crippen LogP contribution in [0.4, 0.5) is 5.00 Å². The minimum atomic E-state index is -0.619. The second-order valence-corrected chi connectivity index (χ2v) is 5.42. The van der Waals surface area contributed by atoms with Crippen LogP contribution in [0.2, 0.25) is 0 Å².